The summed E-state index contributed by atoms with van der Waals surface area (Å²) >= 11 is 0. The smallest absolute Gasteiger partial charge is 0.330 e. The van der Waals surface area contributed by atoms with E-state index in [1.165, 1.54) is 0 Å². The van der Waals surface area contributed by atoms with Gasteiger partial charge in [-0.1, -0.05) is 6.92 Å². The van der Waals surface area contributed by atoms with Crippen LogP contribution in [0.4, 0.5) is 22.0 Å². The topological polar surface area (TPSA) is 63.7 Å². The van der Waals surface area contributed by atoms with E-state index in [0.717, 1.165) is 0 Å². The summed E-state index contributed by atoms with van der Waals surface area (Å²) in [7, 11) is 0. The molecule has 1 rings (SSSR count). The van der Waals surface area contributed by atoms with Crippen molar-refractivity contribution in [1.29, 1.82) is 0 Å². The number of carbonyl (C=O) groups is 3. The van der Waals surface area contributed by atoms with Gasteiger partial charge in [0.15, 0.2) is 0 Å². The van der Waals surface area contributed by atoms with Gasteiger partial charge in [-0.25, -0.2) is 4.79 Å². The Morgan fingerprint density at radius 1 is 1.30 bits per heavy atom. The molecule has 0 saturated carbocycles. The SMILES string of the molecule is CCCC(=O)ON1C(=O)CC(C(F)(F)C(F)(F)F)C1=O. The predicted molar refractivity (Wildman–Crippen MR) is 52.0 cm³/mol. The van der Waals surface area contributed by atoms with Crippen molar-refractivity contribution in [2.24, 2.45) is 5.92 Å². The monoisotopic (exact) mass is 303 g/mol. The summed E-state index contributed by atoms with van der Waals surface area (Å²) in [6, 6.07) is 0. The van der Waals surface area contributed by atoms with Gasteiger partial charge in [0.05, 0.1) is 0 Å². The van der Waals surface area contributed by atoms with Crippen LogP contribution in [0.5, 0.6) is 0 Å². The number of rotatable bonds is 4. The molecule has 0 aromatic carbocycles. The fourth-order valence-electron chi connectivity index (χ4n) is 1.54. The number of hydroxylamine groups is 2. The molecule has 1 aliphatic heterocycles. The van der Waals surface area contributed by atoms with E-state index < -0.39 is 42.2 Å². The van der Waals surface area contributed by atoms with Crippen LogP contribution in [0, 0.1) is 5.92 Å². The standard InChI is InChI=1S/C10H10F5NO4/c1-2-3-7(18)20-16-6(17)4-5(8(16)19)9(11,12)10(13,14)15/h5H,2-4H2,1H3. The molecule has 0 bridgehead atoms. The highest BCUT2D eigenvalue weighted by Gasteiger charge is 2.68. The summed E-state index contributed by atoms with van der Waals surface area (Å²) in [4.78, 5) is 37.9. The summed E-state index contributed by atoms with van der Waals surface area (Å²) < 4.78 is 62.6. The molecule has 1 fully saturated rings. The Kier molecular flexibility index (Phi) is 4.35. The molecular formula is C10H10F5NO4. The van der Waals surface area contributed by atoms with Crippen molar-refractivity contribution in [1.82, 2.24) is 5.06 Å². The molecule has 1 unspecified atom stereocenters. The summed E-state index contributed by atoms with van der Waals surface area (Å²) in [6.45, 7) is 1.56. The minimum Gasteiger partial charge on any atom is -0.330 e. The van der Waals surface area contributed by atoms with Crippen LogP contribution < -0.4 is 0 Å². The second kappa shape index (κ2) is 5.33. The van der Waals surface area contributed by atoms with Crippen LogP contribution in [0.15, 0.2) is 0 Å². The number of hydrogen-bond donors (Lipinski definition) is 0. The molecule has 20 heavy (non-hydrogen) atoms. The molecule has 2 amide bonds. The summed E-state index contributed by atoms with van der Waals surface area (Å²) in [5, 5.41) is -0.317. The van der Waals surface area contributed by atoms with Crippen LogP contribution in [0.25, 0.3) is 0 Å². The van der Waals surface area contributed by atoms with Crippen molar-refractivity contribution in [3.8, 4) is 0 Å². The minimum atomic E-state index is -5.98. The van der Waals surface area contributed by atoms with Crippen LogP contribution in [0.3, 0.4) is 0 Å². The van der Waals surface area contributed by atoms with Gasteiger partial charge in [0.25, 0.3) is 11.8 Å². The van der Waals surface area contributed by atoms with Crippen LogP contribution in [0.1, 0.15) is 26.2 Å². The first-order valence-electron chi connectivity index (χ1n) is 5.54. The Balaban J connectivity index is 2.90. The van der Waals surface area contributed by atoms with Crippen molar-refractivity contribution >= 4 is 17.8 Å². The predicted octanol–water partition coefficient (Wildman–Crippen LogP) is 1.82. The normalized spacial score (nSPS) is 20.5. The van der Waals surface area contributed by atoms with Gasteiger partial charge in [-0.05, 0) is 6.42 Å². The molecule has 1 atom stereocenters. The highest BCUT2D eigenvalue weighted by atomic mass is 19.4. The zero-order valence-corrected chi connectivity index (χ0v) is 10.2. The lowest BCUT2D eigenvalue weighted by Crippen LogP contribution is -2.47. The maximum absolute atomic E-state index is 13.1. The molecule has 10 heteroatoms. The third-order valence-electron chi connectivity index (χ3n) is 2.57. The minimum absolute atomic E-state index is 0.211. The molecule has 0 radical (unpaired) electrons. The van der Waals surface area contributed by atoms with Crippen LogP contribution >= 0.6 is 0 Å². The maximum Gasteiger partial charge on any atom is 0.454 e. The lowest BCUT2D eigenvalue weighted by Gasteiger charge is -2.23. The van der Waals surface area contributed by atoms with Gasteiger partial charge >= 0.3 is 18.1 Å². The van der Waals surface area contributed by atoms with Crippen molar-refractivity contribution in [3.63, 3.8) is 0 Å². The Hall–Kier alpha value is -1.74. The van der Waals surface area contributed by atoms with Crippen LogP contribution in [-0.4, -0.2) is 34.9 Å². The average molecular weight is 303 g/mol. The number of imide groups is 1. The van der Waals surface area contributed by atoms with Crippen molar-refractivity contribution in [2.75, 3.05) is 0 Å². The number of carbonyl (C=O) groups excluding carboxylic acids is 3. The van der Waals surface area contributed by atoms with E-state index >= 15 is 0 Å². The molecule has 0 N–H and O–H groups in total. The van der Waals surface area contributed by atoms with E-state index in [1.54, 1.807) is 6.92 Å². The Morgan fingerprint density at radius 2 is 1.85 bits per heavy atom. The molecule has 1 heterocycles. The van der Waals surface area contributed by atoms with E-state index in [4.69, 9.17) is 0 Å². The van der Waals surface area contributed by atoms with Gasteiger partial charge in [0, 0.05) is 12.8 Å². The first kappa shape index (κ1) is 16.3. The van der Waals surface area contributed by atoms with Crippen molar-refractivity contribution < 1.29 is 41.2 Å². The van der Waals surface area contributed by atoms with E-state index in [0.29, 0.717) is 0 Å². The number of hydrogen-bond acceptors (Lipinski definition) is 4. The number of alkyl halides is 5. The zero-order chi connectivity index (χ0) is 15.7. The summed E-state index contributed by atoms with van der Waals surface area (Å²) in [5.41, 5.74) is 0. The van der Waals surface area contributed by atoms with Crippen molar-refractivity contribution in [2.45, 2.75) is 38.3 Å². The van der Waals surface area contributed by atoms with Gasteiger partial charge in [0.2, 0.25) is 0 Å². The number of amides is 2. The van der Waals surface area contributed by atoms with Gasteiger partial charge in [-0.3, -0.25) is 9.59 Å². The molecule has 1 saturated heterocycles. The quantitative estimate of drug-likeness (QED) is 0.587. The largest absolute Gasteiger partial charge is 0.454 e. The van der Waals surface area contributed by atoms with E-state index in [9.17, 15) is 36.3 Å². The third-order valence-corrected chi connectivity index (χ3v) is 2.57. The first-order valence-corrected chi connectivity index (χ1v) is 5.54. The second-order valence-electron chi connectivity index (χ2n) is 4.12. The maximum atomic E-state index is 13.1. The Bertz CT molecular complexity index is 434. The van der Waals surface area contributed by atoms with Crippen LogP contribution in [0.2, 0.25) is 0 Å². The summed E-state index contributed by atoms with van der Waals surface area (Å²) in [5.74, 6) is -12.6. The molecule has 0 aromatic rings. The van der Waals surface area contributed by atoms with Gasteiger partial charge in [-0.15, -0.1) is 5.06 Å². The molecular weight excluding hydrogens is 293 g/mol. The van der Waals surface area contributed by atoms with Crippen LogP contribution in [-0.2, 0) is 19.2 Å². The third kappa shape index (κ3) is 2.88. The number of halogens is 5. The molecule has 5 nitrogen and oxygen atoms in total. The Morgan fingerprint density at radius 3 is 2.30 bits per heavy atom. The lowest BCUT2D eigenvalue weighted by molar-refractivity contribution is -0.298. The van der Waals surface area contributed by atoms with Gasteiger partial charge in [-0.2, -0.15) is 22.0 Å². The van der Waals surface area contributed by atoms with Crippen molar-refractivity contribution in [3.05, 3.63) is 0 Å². The van der Waals surface area contributed by atoms with Gasteiger partial charge in [0.1, 0.15) is 5.92 Å². The van der Waals surface area contributed by atoms with E-state index in [1.807, 2.05) is 0 Å². The fourth-order valence-corrected chi connectivity index (χ4v) is 1.54. The fraction of sp³-hybridized carbons (Fsp3) is 0.700. The zero-order valence-electron chi connectivity index (χ0n) is 10.2. The highest BCUT2D eigenvalue weighted by Crippen LogP contribution is 2.45. The van der Waals surface area contributed by atoms with E-state index in [-0.39, 0.29) is 17.9 Å². The molecule has 0 aromatic heterocycles. The Labute approximate surface area is 109 Å². The number of nitrogens with zero attached hydrogens (tertiary/aromatic N) is 1. The average Bonchev–Trinajstić information content (AvgIpc) is 2.56. The molecule has 114 valence electrons. The lowest BCUT2D eigenvalue weighted by atomic mass is 9.99. The summed E-state index contributed by atoms with van der Waals surface area (Å²) in [6.07, 6.45) is -7.27. The van der Waals surface area contributed by atoms with E-state index in [2.05, 4.69) is 4.84 Å². The molecule has 1 aliphatic rings. The van der Waals surface area contributed by atoms with Gasteiger partial charge < -0.3 is 4.84 Å². The molecule has 0 aliphatic carbocycles. The first-order chi connectivity index (χ1) is 9.02. The second-order valence-corrected chi connectivity index (χ2v) is 4.12. The molecule has 0 spiro atoms. The highest BCUT2D eigenvalue weighted by molar-refractivity contribution is 6.03.